The van der Waals surface area contributed by atoms with Gasteiger partial charge in [0, 0.05) is 24.8 Å². The van der Waals surface area contributed by atoms with Gasteiger partial charge in [-0.1, -0.05) is 11.6 Å². The summed E-state index contributed by atoms with van der Waals surface area (Å²) in [4.78, 5) is 4.28. The first-order valence-electron chi connectivity index (χ1n) is 6.14. The number of fused-ring (bicyclic) bond motifs is 1. The maximum absolute atomic E-state index is 6.13. The van der Waals surface area contributed by atoms with Crippen molar-refractivity contribution < 1.29 is 4.74 Å². The Morgan fingerprint density at radius 2 is 1.94 bits per heavy atom. The number of halogens is 1. The topological polar surface area (TPSA) is 52.3 Å². The molecule has 1 saturated heterocycles. The average Bonchev–Trinajstić information content (AvgIpc) is 2.82. The summed E-state index contributed by atoms with van der Waals surface area (Å²) in [7, 11) is 0. The lowest BCUT2D eigenvalue weighted by Gasteiger charge is -2.21. The Bertz CT molecular complexity index is 589. The molecule has 0 amide bonds. The first-order chi connectivity index (χ1) is 8.68. The van der Waals surface area contributed by atoms with E-state index in [9.17, 15) is 0 Å². The molecule has 5 nitrogen and oxygen atoms in total. The Labute approximate surface area is 110 Å². The van der Waals surface area contributed by atoms with Gasteiger partial charge >= 0.3 is 0 Å². The molecule has 18 heavy (non-hydrogen) atoms. The van der Waals surface area contributed by atoms with Crippen molar-refractivity contribution >= 4 is 17.2 Å². The van der Waals surface area contributed by atoms with Crippen molar-refractivity contribution in [1.29, 1.82) is 0 Å². The van der Waals surface area contributed by atoms with E-state index >= 15 is 0 Å². The molecule has 2 aromatic heterocycles. The van der Waals surface area contributed by atoms with Crippen LogP contribution in [0.4, 0.5) is 0 Å². The van der Waals surface area contributed by atoms with E-state index in [1.165, 1.54) is 0 Å². The van der Waals surface area contributed by atoms with Gasteiger partial charge < -0.3 is 4.74 Å². The summed E-state index contributed by atoms with van der Waals surface area (Å²) in [5, 5.41) is 8.91. The van der Waals surface area contributed by atoms with E-state index in [1.807, 2.05) is 18.2 Å². The van der Waals surface area contributed by atoms with Gasteiger partial charge in [0.25, 0.3) is 0 Å². The van der Waals surface area contributed by atoms with Crippen LogP contribution in [0.2, 0.25) is 5.15 Å². The van der Waals surface area contributed by atoms with Crippen molar-refractivity contribution in [1.82, 2.24) is 19.6 Å². The number of aryl methyl sites for hydroxylation is 2. The highest BCUT2D eigenvalue weighted by molar-refractivity contribution is 6.32. The lowest BCUT2D eigenvalue weighted by molar-refractivity contribution is 0.0833. The van der Waals surface area contributed by atoms with Crippen molar-refractivity contribution in [2.24, 2.45) is 0 Å². The predicted molar refractivity (Wildman–Crippen MR) is 68.1 cm³/mol. The van der Waals surface area contributed by atoms with Gasteiger partial charge in [0.2, 0.25) is 0 Å². The molecule has 0 unspecified atom stereocenters. The zero-order chi connectivity index (χ0) is 12.7. The fourth-order valence-corrected chi connectivity index (χ4v) is 2.67. The molecule has 1 aliphatic rings. The summed E-state index contributed by atoms with van der Waals surface area (Å²) in [5.41, 5.74) is 2.63. The van der Waals surface area contributed by atoms with Crippen LogP contribution >= 0.6 is 11.6 Å². The van der Waals surface area contributed by atoms with E-state index in [2.05, 4.69) is 15.2 Å². The Balaban J connectivity index is 2.18. The van der Waals surface area contributed by atoms with Crippen molar-refractivity contribution in [2.75, 3.05) is 13.2 Å². The highest BCUT2D eigenvalue weighted by Gasteiger charge is 2.23. The number of nitrogens with zero attached hydrogens (tertiary/aromatic N) is 4. The van der Waals surface area contributed by atoms with Crippen molar-refractivity contribution in [3.63, 3.8) is 0 Å². The second kappa shape index (κ2) is 4.48. The van der Waals surface area contributed by atoms with Crippen molar-refractivity contribution in [2.45, 2.75) is 32.6 Å². The average molecular weight is 267 g/mol. The largest absolute Gasteiger partial charge is 0.381 e. The third kappa shape index (κ3) is 1.78. The molecule has 6 heteroatoms. The molecule has 0 N–H and O–H groups in total. The quantitative estimate of drug-likeness (QED) is 0.795. The van der Waals surface area contributed by atoms with E-state index in [1.54, 1.807) is 0 Å². The van der Waals surface area contributed by atoms with Crippen molar-refractivity contribution in [3.8, 4) is 0 Å². The molecule has 0 radical (unpaired) electrons. The number of aromatic nitrogens is 4. The first kappa shape index (κ1) is 11.9. The molecule has 3 heterocycles. The number of hydrogen-bond donors (Lipinski definition) is 0. The maximum atomic E-state index is 6.13. The third-order valence-electron chi connectivity index (χ3n) is 3.58. The van der Waals surface area contributed by atoms with Gasteiger partial charge in [0.15, 0.2) is 10.8 Å². The minimum Gasteiger partial charge on any atom is -0.381 e. The molecular weight excluding hydrogens is 252 g/mol. The Hall–Kier alpha value is -1.20. The molecule has 96 valence electrons. The predicted octanol–water partition coefficient (Wildman–Crippen LogP) is 2.29. The summed E-state index contributed by atoms with van der Waals surface area (Å²) < 4.78 is 7.43. The lowest BCUT2D eigenvalue weighted by atomic mass is 9.99. The van der Waals surface area contributed by atoms with E-state index in [0.29, 0.717) is 16.7 Å². The van der Waals surface area contributed by atoms with E-state index in [-0.39, 0.29) is 0 Å². The molecule has 0 bridgehead atoms. The summed E-state index contributed by atoms with van der Waals surface area (Å²) >= 11 is 6.13. The van der Waals surface area contributed by atoms with Gasteiger partial charge in [-0.15, -0.1) is 10.2 Å². The Morgan fingerprint density at radius 1 is 1.22 bits per heavy atom. The zero-order valence-corrected chi connectivity index (χ0v) is 11.2. The second-order valence-electron chi connectivity index (χ2n) is 4.68. The lowest BCUT2D eigenvalue weighted by Crippen LogP contribution is -2.17. The number of hydrogen-bond acceptors (Lipinski definition) is 4. The SMILES string of the molecule is Cc1nc(Cl)c2nnc(C3CCOCC3)n2c1C. The molecule has 0 spiro atoms. The highest BCUT2D eigenvalue weighted by atomic mass is 35.5. The summed E-state index contributed by atoms with van der Waals surface area (Å²) in [6.45, 7) is 5.55. The van der Waals surface area contributed by atoms with Crippen LogP contribution in [0, 0.1) is 13.8 Å². The number of ether oxygens (including phenoxy) is 1. The minimum atomic E-state index is 0.394. The molecule has 1 fully saturated rings. The van der Waals surface area contributed by atoms with Crippen LogP contribution in [0.3, 0.4) is 0 Å². The monoisotopic (exact) mass is 266 g/mol. The third-order valence-corrected chi connectivity index (χ3v) is 3.84. The molecular formula is C12H15ClN4O. The molecule has 1 aliphatic heterocycles. The molecule has 0 aromatic carbocycles. The van der Waals surface area contributed by atoms with Gasteiger partial charge in [0.05, 0.1) is 5.69 Å². The number of rotatable bonds is 1. The van der Waals surface area contributed by atoms with Gasteiger partial charge in [-0.05, 0) is 26.7 Å². The van der Waals surface area contributed by atoms with Gasteiger partial charge in [-0.25, -0.2) is 4.98 Å². The van der Waals surface area contributed by atoms with Gasteiger partial charge in [-0.2, -0.15) is 0 Å². The zero-order valence-electron chi connectivity index (χ0n) is 10.5. The van der Waals surface area contributed by atoms with Crippen LogP contribution in [-0.4, -0.2) is 32.8 Å². The molecule has 0 aliphatic carbocycles. The summed E-state index contributed by atoms with van der Waals surface area (Å²) in [6, 6.07) is 0. The Morgan fingerprint density at radius 3 is 2.67 bits per heavy atom. The Kier molecular flexibility index (Phi) is 2.95. The smallest absolute Gasteiger partial charge is 0.198 e. The summed E-state index contributed by atoms with van der Waals surface area (Å²) in [5.74, 6) is 1.38. The maximum Gasteiger partial charge on any atom is 0.198 e. The molecule has 2 aromatic rings. The molecule has 0 atom stereocenters. The normalized spacial score (nSPS) is 17.5. The van der Waals surface area contributed by atoms with E-state index in [4.69, 9.17) is 16.3 Å². The fraction of sp³-hybridized carbons (Fsp3) is 0.583. The van der Waals surface area contributed by atoms with Crippen LogP contribution < -0.4 is 0 Å². The van der Waals surface area contributed by atoms with Crippen LogP contribution in [0.25, 0.3) is 5.65 Å². The van der Waals surface area contributed by atoms with Gasteiger partial charge in [-0.3, -0.25) is 4.40 Å². The van der Waals surface area contributed by atoms with Crippen LogP contribution in [-0.2, 0) is 4.74 Å². The summed E-state index contributed by atoms with van der Waals surface area (Å²) in [6.07, 6.45) is 1.97. The highest BCUT2D eigenvalue weighted by Crippen LogP contribution is 2.28. The van der Waals surface area contributed by atoms with Gasteiger partial charge in [0.1, 0.15) is 5.82 Å². The van der Waals surface area contributed by atoms with E-state index < -0.39 is 0 Å². The fourth-order valence-electron chi connectivity index (χ4n) is 2.42. The molecule has 0 saturated carbocycles. The van der Waals surface area contributed by atoms with Crippen LogP contribution in [0.15, 0.2) is 0 Å². The van der Waals surface area contributed by atoms with Crippen LogP contribution in [0.1, 0.15) is 36.0 Å². The van der Waals surface area contributed by atoms with Crippen molar-refractivity contribution in [3.05, 3.63) is 22.4 Å². The minimum absolute atomic E-state index is 0.394. The van der Waals surface area contributed by atoms with E-state index in [0.717, 1.165) is 43.3 Å². The standard InChI is InChI=1S/C12H15ClN4O/c1-7-8(2)17-11(9-3-5-18-6-4-9)15-16-12(17)10(13)14-7/h9H,3-6H2,1-2H3. The first-order valence-corrected chi connectivity index (χ1v) is 6.51. The second-order valence-corrected chi connectivity index (χ2v) is 5.04. The van der Waals surface area contributed by atoms with Crippen LogP contribution in [0.5, 0.6) is 0 Å². The molecule has 3 rings (SSSR count).